The van der Waals surface area contributed by atoms with Crippen LogP contribution in [0.1, 0.15) is 87.8 Å². The van der Waals surface area contributed by atoms with Crippen molar-refractivity contribution >= 4 is 11.6 Å². The summed E-state index contributed by atoms with van der Waals surface area (Å²) in [5.74, 6) is 0.637. The predicted octanol–water partition coefficient (Wildman–Crippen LogP) is 7.20. The van der Waals surface area contributed by atoms with Gasteiger partial charge in [0, 0.05) is 5.88 Å². The van der Waals surface area contributed by atoms with E-state index >= 15 is 0 Å². The lowest BCUT2D eigenvalue weighted by Gasteiger charge is -2.07. The molecule has 0 N–H and O–H groups in total. The number of unbranched alkanes of at least 4 members (excludes halogenated alkanes) is 9. The molecule has 1 aromatic carbocycles. The van der Waals surface area contributed by atoms with E-state index in [1.165, 1.54) is 87.3 Å². The van der Waals surface area contributed by atoms with Crippen LogP contribution in [-0.4, -0.2) is 0 Å². The summed E-state index contributed by atoms with van der Waals surface area (Å²) in [4.78, 5) is 0. The first kappa shape index (κ1) is 18.6. The molecular weight excluding hydrogens is 276 g/mol. The molecule has 21 heavy (non-hydrogen) atoms. The summed E-state index contributed by atoms with van der Waals surface area (Å²) < 4.78 is 0. The smallest absolute Gasteiger partial charge is 0.0476 e. The Morgan fingerprint density at radius 2 is 1.38 bits per heavy atom. The molecule has 0 amide bonds. The fourth-order valence-electron chi connectivity index (χ4n) is 2.84. The quantitative estimate of drug-likeness (QED) is 0.283. The number of alkyl halides is 1. The van der Waals surface area contributed by atoms with Gasteiger partial charge in [-0.1, -0.05) is 82.9 Å². The van der Waals surface area contributed by atoms with Crippen LogP contribution in [0.3, 0.4) is 0 Å². The van der Waals surface area contributed by atoms with Crippen molar-refractivity contribution < 1.29 is 0 Å². The van der Waals surface area contributed by atoms with E-state index in [4.69, 9.17) is 11.6 Å². The Bertz CT molecular complexity index is 370. The van der Waals surface area contributed by atoms with Crippen LogP contribution in [0.25, 0.3) is 0 Å². The van der Waals surface area contributed by atoms with Gasteiger partial charge in [-0.3, -0.25) is 0 Å². The largest absolute Gasteiger partial charge is 0.122 e. The highest BCUT2D eigenvalue weighted by Gasteiger charge is 2.00. The van der Waals surface area contributed by atoms with Gasteiger partial charge in [-0.05, 0) is 36.5 Å². The van der Waals surface area contributed by atoms with Crippen LogP contribution in [0.2, 0.25) is 0 Å². The van der Waals surface area contributed by atoms with E-state index in [-0.39, 0.29) is 0 Å². The Kier molecular flexibility index (Phi) is 10.7. The zero-order valence-electron chi connectivity index (χ0n) is 14.1. The minimum Gasteiger partial charge on any atom is -0.122 e. The topological polar surface area (TPSA) is 0 Å². The Labute approximate surface area is 137 Å². The second-order valence-electron chi connectivity index (χ2n) is 6.33. The van der Waals surface area contributed by atoms with Crippen molar-refractivity contribution in [2.75, 3.05) is 0 Å². The molecule has 0 unspecified atom stereocenters. The summed E-state index contributed by atoms with van der Waals surface area (Å²) in [6.07, 6.45) is 15.3. The van der Waals surface area contributed by atoms with Crippen molar-refractivity contribution in [2.24, 2.45) is 0 Å². The Morgan fingerprint density at radius 1 is 0.810 bits per heavy atom. The molecule has 0 aliphatic carbocycles. The average Bonchev–Trinajstić information content (AvgIpc) is 2.50. The van der Waals surface area contributed by atoms with Gasteiger partial charge in [0.05, 0.1) is 0 Å². The van der Waals surface area contributed by atoms with Crippen molar-refractivity contribution in [3.05, 3.63) is 34.9 Å². The van der Waals surface area contributed by atoms with Crippen LogP contribution < -0.4 is 0 Å². The Hall–Kier alpha value is -0.490. The molecule has 1 aromatic rings. The molecule has 120 valence electrons. The molecule has 0 saturated heterocycles. The fourth-order valence-corrected chi connectivity index (χ4v) is 3.13. The van der Waals surface area contributed by atoms with E-state index in [0.717, 1.165) is 0 Å². The van der Waals surface area contributed by atoms with Crippen LogP contribution in [0.5, 0.6) is 0 Å². The SMILES string of the molecule is CCCCCCCCCCCCc1ccc(C)c(CCl)c1. The second kappa shape index (κ2) is 12.1. The molecule has 0 aliphatic rings. The van der Waals surface area contributed by atoms with Gasteiger partial charge in [-0.15, -0.1) is 11.6 Å². The van der Waals surface area contributed by atoms with Gasteiger partial charge in [0.25, 0.3) is 0 Å². The van der Waals surface area contributed by atoms with Crippen LogP contribution in [0.4, 0.5) is 0 Å². The lowest BCUT2D eigenvalue weighted by atomic mass is 10.0. The Morgan fingerprint density at radius 3 is 1.95 bits per heavy atom. The first-order valence-corrected chi connectivity index (χ1v) is 9.45. The number of benzene rings is 1. The summed E-state index contributed by atoms with van der Waals surface area (Å²) in [6.45, 7) is 4.42. The van der Waals surface area contributed by atoms with Crippen molar-refractivity contribution in [1.29, 1.82) is 0 Å². The monoisotopic (exact) mass is 308 g/mol. The summed E-state index contributed by atoms with van der Waals surface area (Å²) in [7, 11) is 0. The first-order chi connectivity index (χ1) is 10.3. The molecule has 0 spiro atoms. The maximum absolute atomic E-state index is 5.97. The van der Waals surface area contributed by atoms with E-state index in [0.29, 0.717) is 5.88 Å². The molecule has 0 fully saturated rings. The van der Waals surface area contributed by atoms with E-state index in [1.807, 2.05) is 0 Å². The van der Waals surface area contributed by atoms with Crippen LogP contribution in [0.15, 0.2) is 18.2 Å². The summed E-state index contributed by atoms with van der Waals surface area (Å²) in [5, 5.41) is 0. The van der Waals surface area contributed by atoms with Gasteiger partial charge in [0.2, 0.25) is 0 Å². The second-order valence-corrected chi connectivity index (χ2v) is 6.59. The number of hydrogen-bond acceptors (Lipinski definition) is 0. The number of halogens is 1. The van der Waals surface area contributed by atoms with Gasteiger partial charge in [-0.2, -0.15) is 0 Å². The van der Waals surface area contributed by atoms with Crippen molar-refractivity contribution in [3.63, 3.8) is 0 Å². The van der Waals surface area contributed by atoms with Gasteiger partial charge in [0.1, 0.15) is 0 Å². The van der Waals surface area contributed by atoms with Crippen molar-refractivity contribution in [3.8, 4) is 0 Å². The maximum atomic E-state index is 5.97. The van der Waals surface area contributed by atoms with Crippen molar-refractivity contribution in [1.82, 2.24) is 0 Å². The third-order valence-electron chi connectivity index (χ3n) is 4.38. The molecule has 0 nitrogen and oxygen atoms in total. The normalized spacial score (nSPS) is 11.0. The third kappa shape index (κ3) is 8.51. The van der Waals surface area contributed by atoms with E-state index in [1.54, 1.807) is 0 Å². The van der Waals surface area contributed by atoms with Gasteiger partial charge in [0.15, 0.2) is 0 Å². The summed E-state index contributed by atoms with van der Waals surface area (Å²) >= 11 is 5.97. The molecule has 1 rings (SSSR count). The maximum Gasteiger partial charge on any atom is 0.0476 e. The van der Waals surface area contributed by atoms with Crippen LogP contribution in [0, 0.1) is 6.92 Å². The zero-order chi connectivity index (χ0) is 15.3. The number of rotatable bonds is 12. The lowest BCUT2D eigenvalue weighted by Crippen LogP contribution is -1.91. The third-order valence-corrected chi connectivity index (χ3v) is 4.66. The molecule has 0 bridgehead atoms. The zero-order valence-corrected chi connectivity index (χ0v) is 14.9. The minimum atomic E-state index is 0.637. The highest BCUT2D eigenvalue weighted by atomic mass is 35.5. The van der Waals surface area contributed by atoms with E-state index in [2.05, 4.69) is 32.0 Å². The number of aryl methyl sites for hydroxylation is 2. The van der Waals surface area contributed by atoms with Gasteiger partial charge in [-0.25, -0.2) is 0 Å². The molecule has 0 atom stereocenters. The fraction of sp³-hybridized carbons (Fsp3) is 0.700. The average molecular weight is 309 g/mol. The molecule has 0 aliphatic heterocycles. The molecule has 0 aromatic heterocycles. The summed E-state index contributed by atoms with van der Waals surface area (Å²) in [6, 6.07) is 6.76. The van der Waals surface area contributed by atoms with Crippen LogP contribution in [-0.2, 0) is 12.3 Å². The first-order valence-electron chi connectivity index (χ1n) is 8.92. The summed E-state index contributed by atoms with van der Waals surface area (Å²) in [5.41, 5.74) is 4.06. The van der Waals surface area contributed by atoms with Crippen LogP contribution >= 0.6 is 11.6 Å². The standard InChI is InChI=1S/C20H33Cl/c1-3-4-5-6-7-8-9-10-11-12-13-19-15-14-18(2)20(16-19)17-21/h14-16H,3-13,17H2,1-2H3. The molecule has 1 heteroatoms. The number of hydrogen-bond donors (Lipinski definition) is 0. The lowest BCUT2D eigenvalue weighted by molar-refractivity contribution is 0.556. The molecule has 0 radical (unpaired) electrons. The Balaban J connectivity index is 2.01. The van der Waals surface area contributed by atoms with Gasteiger partial charge >= 0.3 is 0 Å². The molecular formula is C20H33Cl. The minimum absolute atomic E-state index is 0.637. The highest BCUT2D eigenvalue weighted by molar-refractivity contribution is 6.17. The molecule has 0 saturated carbocycles. The van der Waals surface area contributed by atoms with E-state index < -0.39 is 0 Å². The van der Waals surface area contributed by atoms with Gasteiger partial charge < -0.3 is 0 Å². The van der Waals surface area contributed by atoms with E-state index in [9.17, 15) is 0 Å². The highest BCUT2D eigenvalue weighted by Crippen LogP contribution is 2.16. The predicted molar refractivity (Wildman–Crippen MR) is 96.3 cm³/mol. The molecule has 0 heterocycles. The van der Waals surface area contributed by atoms with Crippen molar-refractivity contribution in [2.45, 2.75) is 90.4 Å².